The molecular formula is C9H10F2N2O. The number of amides is 1. The zero-order valence-corrected chi connectivity index (χ0v) is 7.84. The summed E-state index contributed by atoms with van der Waals surface area (Å²) in [4.78, 5) is 14.8. The minimum Gasteiger partial charge on any atom is -0.366 e. The molecule has 1 heterocycles. The van der Waals surface area contributed by atoms with Crippen molar-refractivity contribution in [2.75, 3.05) is 0 Å². The Kier molecular flexibility index (Phi) is 2.78. The highest BCUT2D eigenvalue weighted by Gasteiger charge is 2.21. The third kappa shape index (κ3) is 1.71. The lowest BCUT2D eigenvalue weighted by Crippen LogP contribution is -2.17. The van der Waals surface area contributed by atoms with E-state index < -0.39 is 12.3 Å². The molecule has 0 aromatic carbocycles. The maximum Gasteiger partial charge on any atom is 0.265 e. The Balaban J connectivity index is 3.50. The normalized spacial score (nSPS) is 10.6. The van der Waals surface area contributed by atoms with Crippen LogP contribution in [0, 0.1) is 13.8 Å². The first-order valence-corrected chi connectivity index (χ1v) is 3.99. The Hall–Kier alpha value is -1.52. The zero-order chi connectivity index (χ0) is 10.9. The van der Waals surface area contributed by atoms with Gasteiger partial charge in [0.05, 0.1) is 11.3 Å². The molecule has 76 valence electrons. The molecule has 0 unspecified atom stereocenters. The standard InChI is InChI=1S/C9H10F2N2O/c1-4-3-13-5(2)7(9(12)14)6(4)8(10)11/h3,8H,1-2H3,(H2,12,14). The minimum atomic E-state index is -2.71. The predicted octanol–water partition coefficient (Wildman–Crippen LogP) is 1.73. The lowest BCUT2D eigenvalue weighted by atomic mass is 10.0. The quantitative estimate of drug-likeness (QED) is 0.790. The molecule has 14 heavy (non-hydrogen) atoms. The summed E-state index contributed by atoms with van der Waals surface area (Å²) in [5.41, 5.74) is 5.04. The Bertz CT molecular complexity index is 377. The Morgan fingerprint density at radius 3 is 2.43 bits per heavy atom. The molecule has 1 amide bonds. The number of nitrogens with two attached hydrogens (primary N) is 1. The van der Waals surface area contributed by atoms with Gasteiger partial charge in [0.2, 0.25) is 0 Å². The van der Waals surface area contributed by atoms with Crippen LogP contribution >= 0.6 is 0 Å². The van der Waals surface area contributed by atoms with Crippen LogP contribution in [0.2, 0.25) is 0 Å². The highest BCUT2D eigenvalue weighted by atomic mass is 19.3. The Labute approximate surface area is 79.9 Å². The Morgan fingerprint density at radius 2 is 2.07 bits per heavy atom. The summed E-state index contributed by atoms with van der Waals surface area (Å²) < 4.78 is 25.2. The average molecular weight is 200 g/mol. The van der Waals surface area contributed by atoms with Crippen molar-refractivity contribution in [3.63, 3.8) is 0 Å². The minimum absolute atomic E-state index is 0.167. The van der Waals surface area contributed by atoms with E-state index in [4.69, 9.17) is 5.73 Å². The number of aryl methyl sites for hydroxylation is 2. The Morgan fingerprint density at radius 1 is 1.50 bits per heavy atom. The fourth-order valence-electron chi connectivity index (χ4n) is 1.31. The van der Waals surface area contributed by atoms with E-state index in [1.54, 1.807) is 0 Å². The molecule has 3 nitrogen and oxygen atoms in total. The van der Waals surface area contributed by atoms with Crippen LogP contribution < -0.4 is 5.73 Å². The molecule has 0 aliphatic heterocycles. The summed E-state index contributed by atoms with van der Waals surface area (Å²) in [6, 6.07) is 0. The summed E-state index contributed by atoms with van der Waals surface area (Å²) in [5.74, 6) is -0.867. The molecule has 5 heteroatoms. The van der Waals surface area contributed by atoms with Crippen molar-refractivity contribution in [1.29, 1.82) is 0 Å². The van der Waals surface area contributed by atoms with Crippen molar-refractivity contribution < 1.29 is 13.6 Å². The monoisotopic (exact) mass is 200 g/mol. The van der Waals surface area contributed by atoms with Gasteiger partial charge in [-0.25, -0.2) is 8.78 Å². The van der Waals surface area contributed by atoms with Crippen LogP contribution in [0.1, 0.15) is 33.6 Å². The summed E-state index contributed by atoms with van der Waals surface area (Å²) in [5, 5.41) is 0. The maximum atomic E-state index is 12.6. The van der Waals surface area contributed by atoms with Gasteiger partial charge in [-0.1, -0.05) is 0 Å². The molecule has 1 aromatic rings. The van der Waals surface area contributed by atoms with Crippen LogP contribution in [0.3, 0.4) is 0 Å². The van der Waals surface area contributed by atoms with E-state index in [0.29, 0.717) is 0 Å². The average Bonchev–Trinajstić information content (AvgIpc) is 2.07. The van der Waals surface area contributed by atoms with Gasteiger partial charge in [0, 0.05) is 11.8 Å². The number of carbonyl (C=O) groups excluding carboxylic acids is 1. The van der Waals surface area contributed by atoms with E-state index in [0.717, 1.165) is 0 Å². The van der Waals surface area contributed by atoms with Gasteiger partial charge >= 0.3 is 0 Å². The number of carbonyl (C=O) groups is 1. The first kappa shape index (κ1) is 10.6. The number of rotatable bonds is 2. The van der Waals surface area contributed by atoms with Gasteiger partial charge in [-0.3, -0.25) is 9.78 Å². The topological polar surface area (TPSA) is 56.0 Å². The highest BCUT2D eigenvalue weighted by Crippen LogP contribution is 2.27. The summed E-state index contributed by atoms with van der Waals surface area (Å²) in [7, 11) is 0. The van der Waals surface area contributed by atoms with Crippen molar-refractivity contribution in [2.45, 2.75) is 20.3 Å². The largest absolute Gasteiger partial charge is 0.366 e. The molecular weight excluding hydrogens is 190 g/mol. The van der Waals surface area contributed by atoms with Crippen LogP contribution in [0.5, 0.6) is 0 Å². The number of alkyl halides is 2. The molecule has 0 spiro atoms. The number of hydrogen-bond acceptors (Lipinski definition) is 2. The predicted molar refractivity (Wildman–Crippen MR) is 47.2 cm³/mol. The fraction of sp³-hybridized carbons (Fsp3) is 0.333. The summed E-state index contributed by atoms with van der Waals surface area (Å²) >= 11 is 0. The van der Waals surface area contributed by atoms with Gasteiger partial charge in [0.25, 0.3) is 12.3 Å². The van der Waals surface area contributed by atoms with Crippen LogP contribution in [0.25, 0.3) is 0 Å². The van der Waals surface area contributed by atoms with Gasteiger partial charge < -0.3 is 5.73 Å². The first-order valence-electron chi connectivity index (χ1n) is 3.99. The molecule has 0 fully saturated rings. The van der Waals surface area contributed by atoms with Crippen molar-refractivity contribution in [3.8, 4) is 0 Å². The fourth-order valence-corrected chi connectivity index (χ4v) is 1.31. The SMILES string of the molecule is Cc1cnc(C)c(C(N)=O)c1C(F)F. The van der Waals surface area contributed by atoms with E-state index in [-0.39, 0.29) is 22.4 Å². The van der Waals surface area contributed by atoms with Crippen molar-refractivity contribution >= 4 is 5.91 Å². The summed E-state index contributed by atoms with van der Waals surface area (Å²) in [6.07, 6.45) is -1.40. The molecule has 1 rings (SSSR count). The van der Waals surface area contributed by atoms with Crippen LogP contribution in [0.4, 0.5) is 8.78 Å². The molecule has 0 radical (unpaired) electrons. The third-order valence-electron chi connectivity index (χ3n) is 1.97. The second-order valence-corrected chi connectivity index (χ2v) is 2.98. The molecule has 0 saturated heterocycles. The van der Waals surface area contributed by atoms with Gasteiger partial charge in [-0.05, 0) is 19.4 Å². The molecule has 0 saturated carbocycles. The molecule has 0 bridgehead atoms. The summed E-state index contributed by atoms with van der Waals surface area (Å²) in [6.45, 7) is 2.95. The van der Waals surface area contributed by atoms with Crippen LogP contribution in [-0.4, -0.2) is 10.9 Å². The van der Waals surface area contributed by atoms with Crippen LogP contribution in [-0.2, 0) is 0 Å². The molecule has 2 N–H and O–H groups in total. The molecule has 0 atom stereocenters. The van der Waals surface area contributed by atoms with Gasteiger partial charge in [0.15, 0.2) is 0 Å². The van der Waals surface area contributed by atoms with Gasteiger partial charge in [0.1, 0.15) is 0 Å². The highest BCUT2D eigenvalue weighted by molar-refractivity contribution is 5.95. The lowest BCUT2D eigenvalue weighted by Gasteiger charge is -2.10. The molecule has 0 aliphatic rings. The van der Waals surface area contributed by atoms with E-state index >= 15 is 0 Å². The second kappa shape index (κ2) is 3.69. The van der Waals surface area contributed by atoms with E-state index in [2.05, 4.69) is 4.98 Å². The first-order chi connectivity index (χ1) is 6.45. The van der Waals surface area contributed by atoms with Crippen molar-refractivity contribution in [2.24, 2.45) is 5.73 Å². The maximum absolute atomic E-state index is 12.6. The van der Waals surface area contributed by atoms with Crippen molar-refractivity contribution in [1.82, 2.24) is 4.98 Å². The lowest BCUT2D eigenvalue weighted by molar-refractivity contribution is 0.0984. The number of nitrogens with zero attached hydrogens (tertiary/aromatic N) is 1. The molecule has 0 aliphatic carbocycles. The number of hydrogen-bond donors (Lipinski definition) is 1. The zero-order valence-electron chi connectivity index (χ0n) is 7.84. The van der Waals surface area contributed by atoms with Crippen LogP contribution in [0.15, 0.2) is 6.20 Å². The number of halogens is 2. The van der Waals surface area contributed by atoms with E-state index in [1.807, 2.05) is 0 Å². The van der Waals surface area contributed by atoms with Crippen molar-refractivity contribution in [3.05, 3.63) is 28.6 Å². The van der Waals surface area contributed by atoms with Gasteiger partial charge in [-0.15, -0.1) is 0 Å². The smallest absolute Gasteiger partial charge is 0.265 e. The van der Waals surface area contributed by atoms with E-state index in [1.165, 1.54) is 20.0 Å². The number of pyridine rings is 1. The molecule has 1 aromatic heterocycles. The second-order valence-electron chi connectivity index (χ2n) is 2.98. The number of aromatic nitrogens is 1. The van der Waals surface area contributed by atoms with Gasteiger partial charge in [-0.2, -0.15) is 0 Å². The third-order valence-corrected chi connectivity index (χ3v) is 1.97. The number of primary amides is 1. The van der Waals surface area contributed by atoms with E-state index in [9.17, 15) is 13.6 Å².